The van der Waals surface area contributed by atoms with Gasteiger partial charge in [0.05, 0.1) is 6.10 Å². The molecule has 11 atom stereocenters. The van der Waals surface area contributed by atoms with Gasteiger partial charge >= 0.3 is 5.97 Å². The molecule has 0 radical (unpaired) electrons. The van der Waals surface area contributed by atoms with Crippen LogP contribution in [0.25, 0.3) is 0 Å². The summed E-state index contributed by atoms with van der Waals surface area (Å²) in [7, 11) is 0. The molecule has 5 rings (SSSR count). The smallest absolute Gasteiger partial charge is 0.303 e. The summed E-state index contributed by atoms with van der Waals surface area (Å²) in [5, 5.41) is 26.0. The number of ether oxygens (including phenoxy) is 2. The van der Waals surface area contributed by atoms with Crippen molar-refractivity contribution < 1.29 is 34.1 Å². The van der Waals surface area contributed by atoms with E-state index in [1.54, 1.807) is 19.1 Å². The normalized spacial score (nSPS) is 44.3. The van der Waals surface area contributed by atoms with E-state index < -0.39 is 59.2 Å². The van der Waals surface area contributed by atoms with Crippen LogP contribution in [-0.2, 0) is 30.3 Å². The van der Waals surface area contributed by atoms with Crippen molar-refractivity contribution in [2.24, 2.45) is 29.1 Å². The van der Waals surface area contributed by atoms with Gasteiger partial charge in [-0.05, 0) is 36.8 Å². The van der Waals surface area contributed by atoms with E-state index in [2.05, 4.69) is 11.9 Å². The molecule has 8 nitrogen and oxygen atoms in total. The van der Waals surface area contributed by atoms with Crippen LogP contribution in [0.1, 0.15) is 39.7 Å². The molecule has 8 heteroatoms. The van der Waals surface area contributed by atoms with Gasteiger partial charge in [0.2, 0.25) is 5.91 Å². The third kappa shape index (κ3) is 3.96. The Balaban J connectivity index is 1.70. The first-order chi connectivity index (χ1) is 17.9. The second kappa shape index (κ2) is 9.43. The Hall–Kier alpha value is -2.81. The molecule has 204 valence electrons. The Bertz CT molecular complexity index is 1180. The van der Waals surface area contributed by atoms with E-state index in [1.165, 1.54) is 13.8 Å². The molecule has 1 spiro atoms. The first kappa shape index (κ1) is 26.8. The lowest BCUT2D eigenvalue weighted by molar-refractivity contribution is -0.175. The average Bonchev–Trinajstić information content (AvgIpc) is 3.62. The van der Waals surface area contributed by atoms with E-state index in [9.17, 15) is 24.6 Å². The van der Waals surface area contributed by atoms with Gasteiger partial charge in [-0.1, -0.05) is 62.9 Å². The summed E-state index contributed by atoms with van der Waals surface area (Å²) >= 11 is 0. The molecule has 3 N–H and O–H groups in total. The van der Waals surface area contributed by atoms with Crippen LogP contribution in [0, 0.1) is 29.1 Å². The molecule has 2 aliphatic carbocycles. The minimum absolute atomic E-state index is 0.302. The lowest BCUT2D eigenvalue weighted by Crippen LogP contribution is -2.62. The van der Waals surface area contributed by atoms with Gasteiger partial charge in [-0.3, -0.25) is 14.4 Å². The van der Waals surface area contributed by atoms with Crippen LogP contribution in [0.4, 0.5) is 0 Å². The standard InChI is InChI=1S/C30H37NO7/c1-15-10-9-13-20-23(33)17(3)16(2)22-21(14-19-11-7-6-8-12-19)31-28(35)30(20,22)27(37-18(4)32)24-26(38-24)29(5,36)25(15)34/h6-9,11-13,15-16,20-24,26-27,33,36H,3,10,14H2,1-2,4-5H3,(H,31,35)/t15-,16+,20-,21-,22-,23+,24+,26+,27?,29-,30+/m0/s1. The summed E-state index contributed by atoms with van der Waals surface area (Å²) in [6.07, 6.45) is 0.350. The highest BCUT2D eigenvalue weighted by Crippen LogP contribution is 2.61. The summed E-state index contributed by atoms with van der Waals surface area (Å²) in [4.78, 5) is 40.0. The molecule has 1 aromatic rings. The maximum atomic E-state index is 14.3. The van der Waals surface area contributed by atoms with E-state index in [0.29, 0.717) is 18.4 Å². The minimum atomic E-state index is -1.83. The van der Waals surface area contributed by atoms with Gasteiger partial charge in [0.25, 0.3) is 0 Å². The molecule has 2 heterocycles. The Morgan fingerprint density at radius 1 is 1.24 bits per heavy atom. The van der Waals surface area contributed by atoms with E-state index >= 15 is 0 Å². The molecular formula is C30H37NO7. The molecule has 38 heavy (non-hydrogen) atoms. The van der Waals surface area contributed by atoms with E-state index in [1.807, 2.05) is 37.3 Å². The number of Topliss-reactive ketones (excluding diaryl/α,β-unsaturated/α-hetero) is 1. The van der Waals surface area contributed by atoms with Gasteiger partial charge in [0.1, 0.15) is 29.3 Å². The lowest BCUT2D eigenvalue weighted by atomic mass is 9.51. The van der Waals surface area contributed by atoms with Gasteiger partial charge in [0, 0.05) is 30.7 Å². The number of hydrogen-bond donors (Lipinski definition) is 3. The number of allylic oxidation sites excluding steroid dienone is 1. The molecule has 2 saturated heterocycles. The van der Waals surface area contributed by atoms with E-state index in [4.69, 9.17) is 9.47 Å². The number of benzene rings is 1. The van der Waals surface area contributed by atoms with Crippen molar-refractivity contribution in [3.63, 3.8) is 0 Å². The third-order valence-electron chi connectivity index (χ3n) is 9.31. The van der Waals surface area contributed by atoms with Crippen molar-refractivity contribution in [2.45, 2.75) is 76.6 Å². The van der Waals surface area contributed by atoms with Crippen molar-refractivity contribution in [2.75, 3.05) is 0 Å². The first-order valence-electron chi connectivity index (χ1n) is 13.4. The number of fused-ring (bicyclic) bond motifs is 1. The van der Waals surface area contributed by atoms with Gasteiger partial charge in [-0.2, -0.15) is 0 Å². The second-order valence-electron chi connectivity index (χ2n) is 11.7. The number of esters is 1. The maximum Gasteiger partial charge on any atom is 0.303 e. The van der Waals surface area contributed by atoms with Crippen LogP contribution in [0.5, 0.6) is 0 Å². The Kier molecular flexibility index (Phi) is 6.65. The van der Waals surface area contributed by atoms with Crippen LogP contribution < -0.4 is 5.32 Å². The number of epoxide rings is 1. The lowest BCUT2D eigenvalue weighted by Gasteiger charge is -2.52. The largest absolute Gasteiger partial charge is 0.458 e. The van der Waals surface area contributed by atoms with Crippen LogP contribution in [0.3, 0.4) is 0 Å². The first-order valence-corrected chi connectivity index (χ1v) is 13.4. The number of nitrogens with one attached hydrogen (secondary N) is 1. The predicted octanol–water partition coefficient (Wildman–Crippen LogP) is 2.13. The predicted molar refractivity (Wildman–Crippen MR) is 139 cm³/mol. The van der Waals surface area contributed by atoms with Crippen LogP contribution in [0.2, 0.25) is 0 Å². The van der Waals surface area contributed by atoms with E-state index in [-0.39, 0.29) is 23.7 Å². The van der Waals surface area contributed by atoms with Gasteiger partial charge in [-0.15, -0.1) is 0 Å². The number of aliphatic hydroxyl groups is 2. The van der Waals surface area contributed by atoms with Crippen molar-refractivity contribution >= 4 is 17.7 Å². The SMILES string of the molecule is C=C1[C@@H](C)[C@H]2[C@H](Cc3ccccc3)NC(=O)[C@@]23C(OC(C)=O)[C@@H]2O[C@H]2[C@@](C)(O)C(=O)[C@@H](C)CC=C[C@H]3[C@@H]1O. The molecule has 1 unspecified atom stereocenters. The number of aliphatic hydroxyl groups excluding tert-OH is 1. The second-order valence-corrected chi connectivity index (χ2v) is 11.7. The maximum absolute atomic E-state index is 14.3. The summed E-state index contributed by atoms with van der Waals surface area (Å²) in [5.41, 5.74) is -1.60. The number of carbonyl (C=O) groups excluding carboxylic acids is 3. The van der Waals surface area contributed by atoms with Crippen molar-refractivity contribution in [1.29, 1.82) is 0 Å². The number of amides is 1. The average molecular weight is 524 g/mol. The molecule has 3 fully saturated rings. The van der Waals surface area contributed by atoms with Crippen molar-refractivity contribution in [3.05, 3.63) is 60.2 Å². The molecule has 1 amide bonds. The summed E-state index contributed by atoms with van der Waals surface area (Å²) in [6.45, 7) is 10.6. The van der Waals surface area contributed by atoms with Crippen LogP contribution in [0.15, 0.2) is 54.6 Å². The van der Waals surface area contributed by atoms with Crippen LogP contribution in [-0.4, -0.2) is 63.9 Å². The number of rotatable bonds is 3. The highest BCUT2D eigenvalue weighted by molar-refractivity contribution is 5.91. The fourth-order valence-corrected chi connectivity index (χ4v) is 7.41. The van der Waals surface area contributed by atoms with Crippen molar-refractivity contribution in [3.8, 4) is 0 Å². The highest BCUT2D eigenvalue weighted by Gasteiger charge is 2.74. The fourth-order valence-electron chi connectivity index (χ4n) is 7.41. The van der Waals surface area contributed by atoms with Gasteiger partial charge in [0.15, 0.2) is 5.78 Å². The Labute approximate surface area is 223 Å². The zero-order valence-electron chi connectivity index (χ0n) is 22.3. The minimum Gasteiger partial charge on any atom is -0.458 e. The molecular weight excluding hydrogens is 486 g/mol. The highest BCUT2D eigenvalue weighted by atomic mass is 16.6. The van der Waals surface area contributed by atoms with Crippen molar-refractivity contribution in [1.82, 2.24) is 5.32 Å². The Morgan fingerprint density at radius 3 is 2.58 bits per heavy atom. The number of ketones is 1. The van der Waals surface area contributed by atoms with E-state index in [0.717, 1.165) is 5.56 Å². The quantitative estimate of drug-likeness (QED) is 0.315. The summed E-state index contributed by atoms with van der Waals surface area (Å²) in [6, 6.07) is 9.48. The van der Waals surface area contributed by atoms with Gasteiger partial charge < -0.3 is 25.0 Å². The van der Waals surface area contributed by atoms with Gasteiger partial charge in [-0.25, -0.2) is 0 Å². The summed E-state index contributed by atoms with van der Waals surface area (Å²) in [5.74, 6) is -3.34. The molecule has 1 saturated carbocycles. The Morgan fingerprint density at radius 2 is 1.92 bits per heavy atom. The molecule has 0 bridgehead atoms. The molecule has 0 aromatic heterocycles. The zero-order valence-corrected chi connectivity index (χ0v) is 22.3. The topological polar surface area (TPSA) is 125 Å². The van der Waals surface area contributed by atoms with Crippen LogP contribution >= 0.6 is 0 Å². The molecule has 2 aliphatic heterocycles. The number of hydrogen-bond acceptors (Lipinski definition) is 7. The molecule has 1 aromatic carbocycles. The number of carbonyl (C=O) groups is 3. The summed E-state index contributed by atoms with van der Waals surface area (Å²) < 4.78 is 11.9. The zero-order chi connectivity index (χ0) is 27.6. The monoisotopic (exact) mass is 523 g/mol. The third-order valence-corrected chi connectivity index (χ3v) is 9.31. The molecule has 4 aliphatic rings. The fraction of sp³-hybridized carbons (Fsp3) is 0.567.